The molecule has 1 N–H and O–H groups in total. The van der Waals surface area contributed by atoms with E-state index in [1.807, 2.05) is 36.6 Å². The highest BCUT2D eigenvalue weighted by Gasteiger charge is 2.18. The van der Waals surface area contributed by atoms with E-state index in [0.717, 1.165) is 16.8 Å². The van der Waals surface area contributed by atoms with Crippen LogP contribution in [0.5, 0.6) is 0 Å². The summed E-state index contributed by atoms with van der Waals surface area (Å²) in [5, 5.41) is 13.8. The lowest BCUT2D eigenvalue weighted by Gasteiger charge is -2.14. The van der Waals surface area contributed by atoms with Gasteiger partial charge in [-0.25, -0.2) is 4.98 Å². The van der Waals surface area contributed by atoms with E-state index in [1.54, 1.807) is 0 Å². The number of nitrogens with zero attached hydrogens (tertiary/aromatic N) is 3. The van der Waals surface area contributed by atoms with Crippen LogP contribution in [0.2, 0.25) is 0 Å². The quantitative estimate of drug-likeness (QED) is 0.647. The van der Waals surface area contributed by atoms with Gasteiger partial charge in [-0.05, 0) is 18.6 Å². The van der Waals surface area contributed by atoms with Crippen LogP contribution in [-0.2, 0) is 10.2 Å². The van der Waals surface area contributed by atoms with E-state index >= 15 is 0 Å². The summed E-state index contributed by atoms with van der Waals surface area (Å²) in [6.45, 7) is 8.25. The molecule has 0 radical (unpaired) electrons. The molecule has 1 aromatic carbocycles. The zero-order valence-corrected chi connectivity index (χ0v) is 16.7. The number of amides is 1. The van der Waals surface area contributed by atoms with Gasteiger partial charge in [-0.15, -0.1) is 21.5 Å². The van der Waals surface area contributed by atoms with Crippen molar-refractivity contribution in [1.82, 2.24) is 15.2 Å². The average molecular weight is 389 g/mol. The van der Waals surface area contributed by atoms with Crippen molar-refractivity contribution in [2.75, 3.05) is 11.1 Å². The zero-order chi connectivity index (χ0) is 18.7. The molecule has 0 saturated heterocycles. The Morgan fingerprint density at radius 1 is 1.27 bits per heavy atom. The maximum absolute atomic E-state index is 12.1. The standard InChI is InChI=1S/C18H20N4O2S2/c1-11-7-5-6-8-12(11)15-21-22-17(24-15)26-10-14(23)20-16-19-13(9-25-16)18(2,3)4/h5-9H,10H2,1-4H3,(H,19,20,23). The highest BCUT2D eigenvalue weighted by atomic mass is 32.2. The Labute approximate surface area is 160 Å². The van der Waals surface area contributed by atoms with Crippen LogP contribution in [0, 0.1) is 6.92 Å². The van der Waals surface area contributed by atoms with Crippen molar-refractivity contribution in [2.24, 2.45) is 0 Å². The molecule has 0 aliphatic heterocycles. The van der Waals surface area contributed by atoms with Crippen molar-refractivity contribution in [3.8, 4) is 11.5 Å². The number of anilines is 1. The van der Waals surface area contributed by atoms with Crippen LogP contribution in [-0.4, -0.2) is 26.8 Å². The minimum atomic E-state index is -0.152. The Morgan fingerprint density at radius 3 is 2.73 bits per heavy atom. The smallest absolute Gasteiger partial charge is 0.277 e. The van der Waals surface area contributed by atoms with Gasteiger partial charge >= 0.3 is 0 Å². The molecule has 3 aromatic rings. The third-order valence-corrected chi connectivity index (χ3v) is 5.20. The van der Waals surface area contributed by atoms with Crippen molar-refractivity contribution >= 4 is 34.1 Å². The maximum atomic E-state index is 12.1. The predicted octanol–water partition coefficient (Wildman–Crippen LogP) is 4.53. The molecular formula is C18H20N4O2S2. The normalized spacial score (nSPS) is 11.5. The van der Waals surface area contributed by atoms with Gasteiger partial charge in [0.1, 0.15) is 0 Å². The average Bonchev–Trinajstić information content (AvgIpc) is 3.22. The number of hydrogen-bond acceptors (Lipinski definition) is 7. The molecule has 0 bridgehead atoms. The fraction of sp³-hybridized carbons (Fsp3) is 0.333. The Morgan fingerprint density at radius 2 is 2.04 bits per heavy atom. The summed E-state index contributed by atoms with van der Waals surface area (Å²) in [6, 6.07) is 7.80. The lowest BCUT2D eigenvalue weighted by molar-refractivity contribution is -0.113. The number of benzene rings is 1. The van der Waals surface area contributed by atoms with Crippen LogP contribution >= 0.6 is 23.1 Å². The van der Waals surface area contributed by atoms with Crippen LogP contribution in [0.25, 0.3) is 11.5 Å². The molecule has 8 heteroatoms. The lowest BCUT2D eigenvalue weighted by Crippen LogP contribution is -2.15. The summed E-state index contributed by atoms with van der Waals surface area (Å²) in [5.41, 5.74) is 2.88. The molecular weight excluding hydrogens is 368 g/mol. The predicted molar refractivity (Wildman–Crippen MR) is 105 cm³/mol. The van der Waals surface area contributed by atoms with Crippen molar-refractivity contribution < 1.29 is 9.21 Å². The van der Waals surface area contributed by atoms with Gasteiger partial charge in [0.2, 0.25) is 11.8 Å². The topological polar surface area (TPSA) is 80.9 Å². The molecule has 0 aliphatic carbocycles. The SMILES string of the molecule is Cc1ccccc1-c1nnc(SCC(=O)Nc2nc(C(C)(C)C)cs2)o1. The first kappa shape index (κ1) is 18.6. The number of carbonyl (C=O) groups excluding carboxylic acids is 1. The van der Waals surface area contributed by atoms with E-state index in [1.165, 1.54) is 23.1 Å². The van der Waals surface area contributed by atoms with Gasteiger partial charge in [0.25, 0.3) is 5.22 Å². The summed E-state index contributed by atoms with van der Waals surface area (Å²) in [4.78, 5) is 16.6. The molecule has 6 nitrogen and oxygen atoms in total. The van der Waals surface area contributed by atoms with E-state index in [4.69, 9.17) is 4.42 Å². The van der Waals surface area contributed by atoms with Gasteiger partial charge in [0.05, 0.1) is 11.4 Å². The van der Waals surface area contributed by atoms with Gasteiger partial charge in [-0.1, -0.05) is 50.7 Å². The second-order valence-corrected chi connectivity index (χ2v) is 8.60. The Bertz CT molecular complexity index is 912. The van der Waals surface area contributed by atoms with Crippen molar-refractivity contribution in [3.63, 3.8) is 0 Å². The van der Waals surface area contributed by atoms with Crippen LogP contribution in [0.15, 0.2) is 39.3 Å². The molecule has 1 amide bonds. The Balaban J connectivity index is 1.57. The summed E-state index contributed by atoms with van der Waals surface area (Å²) >= 11 is 2.63. The number of hydrogen-bond donors (Lipinski definition) is 1. The Kier molecular flexibility index (Phi) is 5.43. The monoisotopic (exact) mass is 388 g/mol. The molecule has 0 spiro atoms. The van der Waals surface area contributed by atoms with Gasteiger partial charge in [0, 0.05) is 16.4 Å². The van der Waals surface area contributed by atoms with Gasteiger partial charge in [-0.3, -0.25) is 4.79 Å². The molecule has 26 heavy (non-hydrogen) atoms. The summed E-state index contributed by atoms with van der Waals surface area (Å²) in [6.07, 6.45) is 0. The number of rotatable bonds is 5. The van der Waals surface area contributed by atoms with Gasteiger partial charge < -0.3 is 9.73 Å². The highest BCUT2D eigenvalue weighted by molar-refractivity contribution is 7.99. The molecule has 0 saturated carbocycles. The second-order valence-electron chi connectivity index (χ2n) is 6.81. The minimum absolute atomic E-state index is 0.0377. The first-order chi connectivity index (χ1) is 12.3. The molecule has 2 aromatic heterocycles. The van der Waals surface area contributed by atoms with Gasteiger partial charge in [0.15, 0.2) is 5.13 Å². The number of aromatic nitrogens is 3. The third-order valence-electron chi connectivity index (χ3n) is 3.63. The molecule has 136 valence electrons. The maximum Gasteiger partial charge on any atom is 0.277 e. The number of carbonyl (C=O) groups is 1. The highest BCUT2D eigenvalue weighted by Crippen LogP contribution is 2.27. The fourth-order valence-corrected chi connectivity index (χ4v) is 3.66. The van der Waals surface area contributed by atoms with Crippen LogP contribution in [0.1, 0.15) is 32.0 Å². The van der Waals surface area contributed by atoms with E-state index in [2.05, 4.69) is 41.3 Å². The van der Waals surface area contributed by atoms with E-state index in [-0.39, 0.29) is 17.1 Å². The van der Waals surface area contributed by atoms with Crippen molar-refractivity contribution in [3.05, 3.63) is 40.9 Å². The number of nitrogens with one attached hydrogen (secondary N) is 1. The van der Waals surface area contributed by atoms with E-state index in [9.17, 15) is 4.79 Å². The van der Waals surface area contributed by atoms with Crippen molar-refractivity contribution in [2.45, 2.75) is 38.3 Å². The minimum Gasteiger partial charge on any atom is -0.411 e. The van der Waals surface area contributed by atoms with Gasteiger partial charge in [-0.2, -0.15) is 0 Å². The number of thiazole rings is 1. The Hall–Kier alpha value is -2.19. The summed E-state index contributed by atoms with van der Waals surface area (Å²) < 4.78 is 5.65. The molecule has 2 heterocycles. The largest absolute Gasteiger partial charge is 0.411 e. The number of aryl methyl sites for hydroxylation is 1. The molecule has 0 unspecified atom stereocenters. The third kappa shape index (κ3) is 4.50. The van der Waals surface area contributed by atoms with Crippen LogP contribution in [0.4, 0.5) is 5.13 Å². The zero-order valence-electron chi connectivity index (χ0n) is 15.1. The summed E-state index contributed by atoms with van der Waals surface area (Å²) in [5.74, 6) is 0.487. The van der Waals surface area contributed by atoms with Crippen LogP contribution in [0.3, 0.4) is 0 Å². The molecule has 0 aliphatic rings. The number of thioether (sulfide) groups is 1. The van der Waals surface area contributed by atoms with E-state index < -0.39 is 0 Å². The fourth-order valence-electron chi connectivity index (χ4n) is 2.15. The molecule has 0 atom stereocenters. The second kappa shape index (κ2) is 7.59. The summed E-state index contributed by atoms with van der Waals surface area (Å²) in [7, 11) is 0. The first-order valence-electron chi connectivity index (χ1n) is 8.11. The van der Waals surface area contributed by atoms with E-state index in [0.29, 0.717) is 16.2 Å². The first-order valence-corrected chi connectivity index (χ1v) is 9.97. The lowest BCUT2D eigenvalue weighted by atomic mass is 9.93. The van der Waals surface area contributed by atoms with Crippen LogP contribution < -0.4 is 5.32 Å². The molecule has 3 rings (SSSR count). The molecule has 0 fully saturated rings. The van der Waals surface area contributed by atoms with Crippen molar-refractivity contribution in [1.29, 1.82) is 0 Å².